The smallest absolute Gasteiger partial charge is 0.343 e. The van der Waals surface area contributed by atoms with Crippen LogP contribution in [0.3, 0.4) is 0 Å². The molecule has 1 unspecified atom stereocenters. The molecule has 170 valence electrons. The van der Waals surface area contributed by atoms with Crippen molar-refractivity contribution in [3.05, 3.63) is 81.4 Å². The molecular formula is C22H13Cl3FNO5S. The third-order valence-corrected chi connectivity index (χ3v) is 7.40. The number of ether oxygens (including phenoxy) is 1. The lowest BCUT2D eigenvalue weighted by Crippen LogP contribution is -2.06. The monoisotopic (exact) mass is 527 g/mol. The number of aromatic amines is 1. The number of fused-ring (bicyclic) bond motifs is 1. The number of sulfone groups is 1. The summed E-state index contributed by atoms with van der Waals surface area (Å²) in [5, 5.41) is 9.39. The minimum Gasteiger partial charge on any atom is -0.479 e. The number of aromatic nitrogens is 1. The molecule has 1 atom stereocenters. The van der Waals surface area contributed by atoms with E-state index in [1.54, 1.807) is 12.1 Å². The summed E-state index contributed by atoms with van der Waals surface area (Å²) < 4.78 is 45.8. The van der Waals surface area contributed by atoms with Crippen LogP contribution in [-0.4, -0.2) is 24.5 Å². The largest absolute Gasteiger partial charge is 0.479 e. The van der Waals surface area contributed by atoms with Crippen molar-refractivity contribution in [1.29, 1.82) is 0 Å². The van der Waals surface area contributed by atoms with Crippen molar-refractivity contribution in [2.75, 3.05) is 0 Å². The van der Waals surface area contributed by atoms with Gasteiger partial charge >= 0.3 is 5.97 Å². The SMILES string of the molecule is O=C(O)C(F)c1cc(Cl)c(Oc2ccc3[nH]cc(S(=O)(=O)c4ccc(Cl)cc4)c3c2)c(Cl)c1. The van der Waals surface area contributed by atoms with Gasteiger partial charge in [0.05, 0.1) is 19.8 Å². The third-order valence-electron chi connectivity index (χ3n) is 4.78. The fourth-order valence-corrected chi connectivity index (χ4v) is 5.31. The van der Waals surface area contributed by atoms with Crippen LogP contribution in [0.5, 0.6) is 11.5 Å². The quantitative estimate of drug-likeness (QED) is 0.285. The molecule has 0 saturated heterocycles. The number of carboxylic acid groups (broad SMARTS) is 1. The van der Waals surface area contributed by atoms with Gasteiger partial charge in [0.25, 0.3) is 0 Å². The van der Waals surface area contributed by atoms with Gasteiger partial charge in [-0.15, -0.1) is 0 Å². The predicted molar refractivity (Wildman–Crippen MR) is 123 cm³/mol. The van der Waals surface area contributed by atoms with Gasteiger partial charge < -0.3 is 14.8 Å². The fraction of sp³-hybridized carbons (Fsp3) is 0.0455. The highest BCUT2D eigenvalue weighted by Crippen LogP contribution is 2.40. The maximum atomic E-state index is 13.8. The van der Waals surface area contributed by atoms with Crippen molar-refractivity contribution in [1.82, 2.24) is 4.98 Å². The summed E-state index contributed by atoms with van der Waals surface area (Å²) in [5.41, 5.74) is 0.312. The van der Waals surface area contributed by atoms with Gasteiger partial charge in [0.1, 0.15) is 5.75 Å². The van der Waals surface area contributed by atoms with Crippen LogP contribution in [0, 0.1) is 0 Å². The second-order valence-electron chi connectivity index (χ2n) is 6.93. The van der Waals surface area contributed by atoms with Gasteiger partial charge in [-0.05, 0) is 54.6 Å². The molecule has 0 spiro atoms. The van der Waals surface area contributed by atoms with E-state index in [9.17, 15) is 17.6 Å². The number of alkyl halides is 1. The van der Waals surface area contributed by atoms with Crippen molar-refractivity contribution < 1.29 is 27.4 Å². The van der Waals surface area contributed by atoms with Crippen molar-refractivity contribution in [3.63, 3.8) is 0 Å². The van der Waals surface area contributed by atoms with Gasteiger partial charge in [-0.25, -0.2) is 17.6 Å². The lowest BCUT2D eigenvalue weighted by Gasteiger charge is -2.12. The number of hydrogen-bond donors (Lipinski definition) is 2. The standard InChI is InChI=1S/C22H13Cl3FNO5S/c23-12-1-4-14(5-2-12)33(30,31)19-10-27-18-6-3-13(9-15(18)19)32-21-16(24)7-11(8-17(21)25)20(26)22(28)29/h1-10,20,27H,(H,28,29). The summed E-state index contributed by atoms with van der Waals surface area (Å²) in [6.07, 6.45) is -0.925. The summed E-state index contributed by atoms with van der Waals surface area (Å²) in [6.45, 7) is 0. The van der Waals surface area contributed by atoms with Crippen molar-refractivity contribution >= 4 is 61.5 Å². The van der Waals surface area contributed by atoms with Gasteiger partial charge in [0.15, 0.2) is 5.75 Å². The van der Waals surface area contributed by atoms with Crippen LogP contribution in [0.1, 0.15) is 11.7 Å². The first-order valence-electron chi connectivity index (χ1n) is 9.23. The summed E-state index contributed by atoms with van der Waals surface area (Å²) in [5.74, 6) is -1.50. The second-order valence-corrected chi connectivity index (χ2v) is 10.1. The molecule has 1 aromatic heterocycles. The summed E-state index contributed by atoms with van der Waals surface area (Å²) in [6, 6.07) is 12.7. The molecule has 11 heteroatoms. The van der Waals surface area contributed by atoms with Gasteiger partial charge in [0, 0.05) is 27.7 Å². The van der Waals surface area contributed by atoms with Crippen molar-refractivity contribution in [2.45, 2.75) is 16.0 Å². The highest BCUT2D eigenvalue weighted by molar-refractivity contribution is 7.91. The number of halogens is 4. The topological polar surface area (TPSA) is 96.5 Å². The Kier molecular flexibility index (Phi) is 6.28. The molecule has 0 fully saturated rings. The molecule has 0 bridgehead atoms. The Bertz CT molecular complexity index is 1460. The zero-order valence-electron chi connectivity index (χ0n) is 16.4. The Labute approximate surface area is 202 Å². The van der Waals surface area contributed by atoms with E-state index < -0.39 is 22.0 Å². The number of H-pyrrole nitrogens is 1. The van der Waals surface area contributed by atoms with E-state index in [2.05, 4.69) is 4.98 Å². The first kappa shape index (κ1) is 23.4. The maximum Gasteiger partial charge on any atom is 0.343 e. The first-order chi connectivity index (χ1) is 15.6. The summed E-state index contributed by atoms with van der Waals surface area (Å²) in [4.78, 5) is 13.9. The van der Waals surface area contributed by atoms with E-state index >= 15 is 0 Å². The zero-order chi connectivity index (χ0) is 23.9. The molecule has 0 aliphatic rings. The molecule has 4 rings (SSSR count). The van der Waals surface area contributed by atoms with Gasteiger partial charge in [0.2, 0.25) is 16.0 Å². The number of carbonyl (C=O) groups is 1. The Morgan fingerprint density at radius 1 is 1.00 bits per heavy atom. The number of nitrogens with one attached hydrogen (secondary N) is 1. The van der Waals surface area contributed by atoms with Crippen molar-refractivity contribution in [2.24, 2.45) is 0 Å². The average molecular weight is 529 g/mol. The Hall–Kier alpha value is -2.78. The molecule has 1 heterocycles. The normalized spacial score (nSPS) is 12.6. The Morgan fingerprint density at radius 2 is 1.64 bits per heavy atom. The van der Waals surface area contributed by atoms with Crippen molar-refractivity contribution in [3.8, 4) is 11.5 Å². The molecule has 4 aromatic rings. The van der Waals surface area contributed by atoms with Crippen LogP contribution in [0.4, 0.5) is 4.39 Å². The van der Waals surface area contributed by atoms with Crippen LogP contribution >= 0.6 is 34.8 Å². The molecule has 0 saturated carbocycles. The predicted octanol–water partition coefficient (Wildman–Crippen LogP) is 6.85. The Morgan fingerprint density at radius 3 is 2.24 bits per heavy atom. The molecule has 0 aliphatic carbocycles. The molecule has 2 N–H and O–H groups in total. The number of benzene rings is 3. The maximum absolute atomic E-state index is 13.8. The zero-order valence-corrected chi connectivity index (χ0v) is 19.4. The summed E-state index contributed by atoms with van der Waals surface area (Å²) in [7, 11) is -3.86. The highest BCUT2D eigenvalue weighted by Gasteiger charge is 2.24. The summed E-state index contributed by atoms with van der Waals surface area (Å²) >= 11 is 18.1. The minimum atomic E-state index is -3.86. The van der Waals surface area contributed by atoms with E-state index in [0.29, 0.717) is 15.9 Å². The molecule has 0 aliphatic heterocycles. The number of aliphatic carboxylic acids is 1. The molecule has 33 heavy (non-hydrogen) atoms. The van der Waals surface area contributed by atoms with E-state index in [0.717, 1.165) is 12.1 Å². The number of rotatable bonds is 6. The number of carboxylic acids is 1. The van der Waals surface area contributed by atoms with Gasteiger partial charge in [-0.1, -0.05) is 34.8 Å². The molecule has 3 aromatic carbocycles. The molecular weight excluding hydrogens is 516 g/mol. The minimum absolute atomic E-state index is 0.0274. The van der Waals surface area contributed by atoms with Crippen LogP contribution in [0.15, 0.2) is 70.6 Å². The van der Waals surface area contributed by atoms with E-state index in [1.807, 2.05) is 0 Å². The third kappa shape index (κ3) is 4.52. The van der Waals surface area contributed by atoms with E-state index in [-0.39, 0.29) is 36.9 Å². The van der Waals surface area contributed by atoms with Crippen LogP contribution in [0.2, 0.25) is 15.1 Å². The molecule has 0 amide bonds. The van der Waals surface area contributed by atoms with Gasteiger partial charge in [-0.2, -0.15) is 0 Å². The van der Waals surface area contributed by atoms with E-state index in [1.165, 1.54) is 36.5 Å². The molecule has 6 nitrogen and oxygen atoms in total. The lowest BCUT2D eigenvalue weighted by molar-refractivity contribution is -0.143. The fourth-order valence-electron chi connectivity index (χ4n) is 3.18. The average Bonchev–Trinajstić information content (AvgIpc) is 3.20. The lowest BCUT2D eigenvalue weighted by atomic mass is 10.1. The molecule has 0 radical (unpaired) electrons. The van der Waals surface area contributed by atoms with Gasteiger partial charge in [-0.3, -0.25) is 0 Å². The van der Waals surface area contributed by atoms with Crippen LogP contribution in [0.25, 0.3) is 10.9 Å². The number of hydrogen-bond acceptors (Lipinski definition) is 4. The second kappa shape index (κ2) is 8.87. The first-order valence-corrected chi connectivity index (χ1v) is 11.8. The highest BCUT2D eigenvalue weighted by atomic mass is 35.5. The Balaban J connectivity index is 1.73. The van der Waals surface area contributed by atoms with Crippen LogP contribution < -0.4 is 4.74 Å². The van der Waals surface area contributed by atoms with E-state index in [4.69, 9.17) is 44.6 Å². The van der Waals surface area contributed by atoms with Crippen LogP contribution in [-0.2, 0) is 14.6 Å².